The molecule has 4 rings (SSSR count). The van der Waals surface area contributed by atoms with Gasteiger partial charge in [-0.05, 0) is 55.0 Å². The van der Waals surface area contributed by atoms with Gasteiger partial charge in [0.25, 0.3) is 15.9 Å². The topological polar surface area (TPSA) is 113 Å². The number of benzene rings is 3. The van der Waals surface area contributed by atoms with Crippen LogP contribution < -0.4 is 10.0 Å². The molecule has 9 heteroatoms. The van der Waals surface area contributed by atoms with Gasteiger partial charge in [-0.15, -0.1) is 0 Å². The summed E-state index contributed by atoms with van der Waals surface area (Å²) in [5, 5.41) is 13.5. The minimum atomic E-state index is -3.78. The number of aryl methyl sites for hydroxylation is 1. The lowest BCUT2D eigenvalue weighted by Crippen LogP contribution is -2.36. The molecule has 0 saturated heterocycles. The molecule has 1 atom stereocenters. The van der Waals surface area contributed by atoms with E-state index in [0.717, 1.165) is 4.47 Å². The van der Waals surface area contributed by atoms with Crippen molar-refractivity contribution < 1.29 is 23.1 Å². The molecule has 1 aliphatic heterocycles. The number of fused-ring (bicyclic) bond motifs is 1. The normalized spacial score (nSPS) is 17.5. The number of anilines is 2. The fraction of sp³-hybridized carbons (Fsp3) is 0.130. The first kappa shape index (κ1) is 22.2. The number of Topliss-reactive ketones (excluding diaryl/α,β-unsaturated/α-hetero) is 1. The van der Waals surface area contributed by atoms with Gasteiger partial charge in [-0.2, -0.15) is 0 Å². The van der Waals surface area contributed by atoms with E-state index in [1.54, 1.807) is 43.3 Å². The summed E-state index contributed by atoms with van der Waals surface area (Å²) in [6, 6.07) is 17.4. The number of hydrogen-bond donors (Lipinski definition) is 3. The number of carbonyl (C=O) groups is 2. The summed E-state index contributed by atoms with van der Waals surface area (Å²) in [4.78, 5) is 25.4. The predicted molar refractivity (Wildman–Crippen MR) is 124 cm³/mol. The molecule has 1 heterocycles. The molecule has 0 saturated carbocycles. The molecule has 1 amide bonds. The molecule has 0 unspecified atom stereocenters. The molecule has 0 aromatic heterocycles. The second-order valence-electron chi connectivity index (χ2n) is 7.55. The molecule has 0 bridgehead atoms. The Labute approximate surface area is 193 Å². The van der Waals surface area contributed by atoms with Crippen LogP contribution in [0, 0.1) is 6.92 Å². The van der Waals surface area contributed by atoms with Gasteiger partial charge in [-0.3, -0.25) is 14.3 Å². The number of hydrogen-bond acceptors (Lipinski definition) is 5. The summed E-state index contributed by atoms with van der Waals surface area (Å²) in [5.41, 5.74) is -0.0458. The van der Waals surface area contributed by atoms with Crippen molar-refractivity contribution in [3.63, 3.8) is 0 Å². The second-order valence-corrected chi connectivity index (χ2v) is 10.1. The molecule has 32 heavy (non-hydrogen) atoms. The first-order chi connectivity index (χ1) is 15.1. The van der Waals surface area contributed by atoms with Crippen LogP contribution >= 0.6 is 15.9 Å². The Morgan fingerprint density at radius 3 is 2.47 bits per heavy atom. The van der Waals surface area contributed by atoms with Crippen molar-refractivity contribution in [2.45, 2.75) is 23.8 Å². The summed E-state index contributed by atoms with van der Waals surface area (Å²) >= 11 is 3.31. The Morgan fingerprint density at radius 1 is 1.09 bits per heavy atom. The van der Waals surface area contributed by atoms with Gasteiger partial charge in [0.15, 0.2) is 11.4 Å². The van der Waals surface area contributed by atoms with E-state index in [4.69, 9.17) is 0 Å². The third kappa shape index (κ3) is 4.06. The highest BCUT2D eigenvalue weighted by atomic mass is 79.9. The average Bonchev–Trinajstić information content (AvgIpc) is 2.97. The first-order valence-corrected chi connectivity index (χ1v) is 11.9. The molecule has 1 aliphatic rings. The molecule has 164 valence electrons. The van der Waals surface area contributed by atoms with Gasteiger partial charge in [-0.1, -0.05) is 40.2 Å². The lowest BCUT2D eigenvalue weighted by molar-refractivity contribution is -0.133. The number of carbonyl (C=O) groups excluding carboxylic acids is 2. The molecule has 0 radical (unpaired) electrons. The van der Waals surface area contributed by atoms with E-state index in [0.29, 0.717) is 16.8 Å². The smallest absolute Gasteiger partial charge is 0.262 e. The van der Waals surface area contributed by atoms with Gasteiger partial charge in [0.05, 0.1) is 11.3 Å². The molecule has 7 nitrogen and oxygen atoms in total. The van der Waals surface area contributed by atoms with Gasteiger partial charge in [0.2, 0.25) is 0 Å². The molecular weight excluding hydrogens is 496 g/mol. The third-order valence-corrected chi connectivity index (χ3v) is 7.34. The second kappa shape index (κ2) is 8.16. The monoisotopic (exact) mass is 514 g/mol. The zero-order valence-corrected chi connectivity index (χ0v) is 19.3. The molecule has 3 aromatic rings. The summed E-state index contributed by atoms with van der Waals surface area (Å²) in [5.74, 6) is -1.12. The van der Waals surface area contributed by atoms with Crippen molar-refractivity contribution in [2.75, 3.05) is 10.0 Å². The van der Waals surface area contributed by atoms with Crippen molar-refractivity contribution >= 4 is 49.0 Å². The first-order valence-electron chi connectivity index (χ1n) is 9.66. The van der Waals surface area contributed by atoms with Crippen LogP contribution in [0.2, 0.25) is 0 Å². The minimum Gasteiger partial charge on any atom is -0.375 e. The average molecular weight is 515 g/mol. The van der Waals surface area contributed by atoms with E-state index in [1.165, 1.54) is 30.3 Å². The van der Waals surface area contributed by atoms with E-state index in [1.807, 2.05) is 0 Å². The predicted octanol–water partition coefficient (Wildman–Crippen LogP) is 3.97. The molecule has 3 aromatic carbocycles. The summed E-state index contributed by atoms with van der Waals surface area (Å²) in [6.07, 6.45) is -0.443. The Morgan fingerprint density at radius 2 is 1.78 bits per heavy atom. The lowest BCUT2D eigenvalue weighted by Gasteiger charge is -2.20. The highest BCUT2D eigenvalue weighted by Gasteiger charge is 2.46. The third-order valence-electron chi connectivity index (χ3n) is 5.31. The summed E-state index contributed by atoms with van der Waals surface area (Å²) < 4.78 is 28.5. The van der Waals surface area contributed by atoms with Crippen LogP contribution in [-0.4, -0.2) is 25.2 Å². The van der Waals surface area contributed by atoms with E-state index in [9.17, 15) is 23.1 Å². The van der Waals surface area contributed by atoms with Gasteiger partial charge in [-0.25, -0.2) is 8.42 Å². The highest BCUT2D eigenvalue weighted by molar-refractivity contribution is 9.10. The van der Waals surface area contributed by atoms with Crippen LogP contribution in [0.25, 0.3) is 0 Å². The zero-order chi connectivity index (χ0) is 23.1. The highest BCUT2D eigenvalue weighted by Crippen LogP contribution is 2.40. The fourth-order valence-corrected chi connectivity index (χ4v) is 5.30. The quantitative estimate of drug-likeness (QED) is 0.430. The van der Waals surface area contributed by atoms with Gasteiger partial charge >= 0.3 is 0 Å². The van der Waals surface area contributed by atoms with Crippen molar-refractivity contribution in [1.29, 1.82) is 0 Å². The SMILES string of the molecule is Cc1ccccc1S(=O)(=O)Nc1ccc(C(=O)C[C@]2(O)C(=O)Nc3cc(Br)ccc32)cc1. The maximum Gasteiger partial charge on any atom is 0.262 e. The van der Waals surface area contributed by atoms with Crippen molar-refractivity contribution in [2.24, 2.45) is 0 Å². The van der Waals surface area contributed by atoms with Crippen LogP contribution in [0.15, 0.2) is 76.1 Å². The van der Waals surface area contributed by atoms with Crippen molar-refractivity contribution in [3.05, 3.63) is 87.9 Å². The number of aliphatic hydroxyl groups is 1. The molecular formula is C23H19BrN2O5S. The maximum atomic E-state index is 12.8. The number of halogens is 1. The van der Waals surface area contributed by atoms with Crippen LogP contribution in [0.3, 0.4) is 0 Å². The van der Waals surface area contributed by atoms with E-state index >= 15 is 0 Å². The maximum absolute atomic E-state index is 12.8. The zero-order valence-electron chi connectivity index (χ0n) is 16.9. The number of rotatable bonds is 6. The largest absolute Gasteiger partial charge is 0.375 e. The van der Waals surface area contributed by atoms with Crippen molar-refractivity contribution in [3.8, 4) is 0 Å². The Hall–Kier alpha value is -3.01. The molecule has 0 aliphatic carbocycles. The lowest BCUT2D eigenvalue weighted by atomic mass is 9.88. The summed E-state index contributed by atoms with van der Waals surface area (Å²) in [6.45, 7) is 1.71. The number of amides is 1. The summed E-state index contributed by atoms with van der Waals surface area (Å²) in [7, 11) is -3.78. The number of nitrogens with one attached hydrogen (secondary N) is 2. The van der Waals surface area contributed by atoms with E-state index in [2.05, 4.69) is 26.0 Å². The van der Waals surface area contributed by atoms with Gasteiger partial charge < -0.3 is 10.4 Å². The van der Waals surface area contributed by atoms with Crippen LogP contribution in [0.5, 0.6) is 0 Å². The van der Waals surface area contributed by atoms with Crippen LogP contribution in [-0.2, 0) is 20.4 Å². The van der Waals surface area contributed by atoms with E-state index < -0.39 is 33.7 Å². The van der Waals surface area contributed by atoms with Crippen molar-refractivity contribution in [1.82, 2.24) is 0 Å². The molecule has 0 fully saturated rings. The minimum absolute atomic E-state index is 0.167. The standard InChI is InChI=1S/C23H19BrN2O5S/c1-14-4-2-3-5-21(14)32(30,31)26-17-9-6-15(7-10-17)20(27)13-23(29)18-11-8-16(24)12-19(18)25-22(23)28/h2-12,26,29H,13H2,1H3,(H,25,28)/t23-/m1/s1. The Balaban J connectivity index is 1.52. The van der Waals surface area contributed by atoms with E-state index in [-0.39, 0.29) is 16.1 Å². The number of ketones is 1. The molecule has 0 spiro atoms. The molecule has 3 N–H and O–H groups in total. The van der Waals surface area contributed by atoms with Crippen LogP contribution in [0.1, 0.15) is 27.9 Å². The fourth-order valence-electron chi connectivity index (χ4n) is 3.63. The Bertz CT molecular complexity index is 1340. The van der Waals surface area contributed by atoms with Gasteiger partial charge in [0, 0.05) is 27.0 Å². The Kier molecular flexibility index (Phi) is 5.66. The van der Waals surface area contributed by atoms with Crippen LogP contribution in [0.4, 0.5) is 11.4 Å². The number of sulfonamides is 1. The van der Waals surface area contributed by atoms with Gasteiger partial charge in [0.1, 0.15) is 0 Å².